The molecule has 0 aromatic heterocycles. The fourth-order valence-electron chi connectivity index (χ4n) is 1.50. The van der Waals surface area contributed by atoms with E-state index in [4.69, 9.17) is 10.8 Å². The van der Waals surface area contributed by atoms with E-state index >= 15 is 0 Å². The minimum Gasteiger partial charge on any atom is -0.480 e. The maximum absolute atomic E-state index is 11.7. The van der Waals surface area contributed by atoms with Gasteiger partial charge in [-0.3, -0.25) is 9.59 Å². The van der Waals surface area contributed by atoms with Gasteiger partial charge in [0, 0.05) is 6.04 Å². The number of amides is 3. The number of nitrogens with zero attached hydrogens (tertiary/aromatic N) is 1. The molecule has 1 rings (SSSR count). The molecule has 1 aliphatic carbocycles. The maximum Gasteiger partial charge on any atom is 0.323 e. The van der Waals surface area contributed by atoms with Crippen molar-refractivity contribution in [3.8, 4) is 0 Å². The Balaban J connectivity index is 2.53. The van der Waals surface area contributed by atoms with Crippen LogP contribution in [-0.4, -0.2) is 47.0 Å². The summed E-state index contributed by atoms with van der Waals surface area (Å²) in [5, 5.41) is 11.3. The van der Waals surface area contributed by atoms with Crippen LogP contribution in [0.15, 0.2) is 0 Å². The number of urea groups is 1. The molecule has 1 saturated carbocycles. The largest absolute Gasteiger partial charge is 0.480 e. The summed E-state index contributed by atoms with van der Waals surface area (Å²) >= 11 is 0. The van der Waals surface area contributed by atoms with Crippen LogP contribution in [0.2, 0.25) is 0 Å². The van der Waals surface area contributed by atoms with Gasteiger partial charge in [-0.2, -0.15) is 0 Å². The van der Waals surface area contributed by atoms with Gasteiger partial charge in [0.1, 0.15) is 13.1 Å². The van der Waals surface area contributed by atoms with Gasteiger partial charge in [0.05, 0.1) is 0 Å². The summed E-state index contributed by atoms with van der Waals surface area (Å²) in [6, 6.07) is -0.541. The molecule has 3 amide bonds. The van der Waals surface area contributed by atoms with Crippen LogP contribution in [-0.2, 0) is 9.59 Å². The van der Waals surface area contributed by atoms with E-state index in [1.807, 2.05) is 13.8 Å². The number of hydrogen-bond donors (Lipinski definition) is 3. The Hall–Kier alpha value is -1.79. The van der Waals surface area contributed by atoms with Crippen molar-refractivity contribution < 1.29 is 19.5 Å². The Morgan fingerprint density at radius 1 is 1.41 bits per heavy atom. The van der Waals surface area contributed by atoms with Crippen molar-refractivity contribution in [2.75, 3.05) is 13.1 Å². The molecule has 1 aliphatic rings. The predicted molar refractivity (Wildman–Crippen MR) is 59.1 cm³/mol. The first-order valence-corrected chi connectivity index (χ1v) is 5.28. The van der Waals surface area contributed by atoms with Crippen LogP contribution in [0.3, 0.4) is 0 Å². The van der Waals surface area contributed by atoms with Crippen LogP contribution in [0.25, 0.3) is 0 Å². The fourth-order valence-corrected chi connectivity index (χ4v) is 1.50. The zero-order chi connectivity index (χ0) is 13.2. The van der Waals surface area contributed by atoms with Gasteiger partial charge in [-0.05, 0) is 11.8 Å². The van der Waals surface area contributed by atoms with Crippen LogP contribution in [0.4, 0.5) is 4.79 Å². The Morgan fingerprint density at radius 3 is 2.29 bits per heavy atom. The topological polar surface area (TPSA) is 113 Å². The molecule has 0 aliphatic heterocycles. The van der Waals surface area contributed by atoms with Crippen molar-refractivity contribution in [1.29, 1.82) is 0 Å². The predicted octanol–water partition coefficient (Wildman–Crippen LogP) is -0.634. The number of hydrogen-bond acceptors (Lipinski definition) is 3. The quantitative estimate of drug-likeness (QED) is 0.596. The lowest BCUT2D eigenvalue weighted by atomic mass is 10.2. The molecule has 96 valence electrons. The molecular weight excluding hydrogens is 226 g/mol. The molecule has 0 aromatic rings. The summed E-state index contributed by atoms with van der Waals surface area (Å²) in [7, 11) is 0. The highest BCUT2D eigenvalue weighted by Gasteiger charge is 2.47. The highest BCUT2D eigenvalue weighted by atomic mass is 16.4. The average molecular weight is 243 g/mol. The van der Waals surface area contributed by atoms with Crippen molar-refractivity contribution in [2.45, 2.75) is 26.3 Å². The first kappa shape index (κ1) is 13.3. The monoisotopic (exact) mass is 243 g/mol. The van der Waals surface area contributed by atoms with Gasteiger partial charge in [0.15, 0.2) is 0 Å². The number of aliphatic carboxylic acids is 1. The van der Waals surface area contributed by atoms with Gasteiger partial charge in [-0.25, -0.2) is 4.79 Å². The molecule has 0 spiro atoms. The molecule has 4 N–H and O–H groups in total. The van der Waals surface area contributed by atoms with Crippen molar-refractivity contribution in [3.05, 3.63) is 0 Å². The van der Waals surface area contributed by atoms with Crippen LogP contribution in [0, 0.1) is 5.41 Å². The van der Waals surface area contributed by atoms with E-state index in [0.29, 0.717) is 0 Å². The van der Waals surface area contributed by atoms with E-state index in [9.17, 15) is 14.4 Å². The number of nitrogens with two attached hydrogens (primary N) is 1. The molecule has 17 heavy (non-hydrogen) atoms. The minimum atomic E-state index is -1.18. The first-order chi connectivity index (χ1) is 7.72. The highest BCUT2D eigenvalue weighted by Crippen LogP contribution is 2.44. The van der Waals surface area contributed by atoms with Crippen LogP contribution in [0.5, 0.6) is 0 Å². The van der Waals surface area contributed by atoms with E-state index in [0.717, 1.165) is 11.3 Å². The molecule has 0 aromatic carbocycles. The van der Waals surface area contributed by atoms with Gasteiger partial charge in [-0.1, -0.05) is 13.8 Å². The molecule has 0 heterocycles. The second kappa shape index (κ2) is 4.60. The third-order valence-electron chi connectivity index (χ3n) is 2.77. The molecule has 0 saturated heterocycles. The van der Waals surface area contributed by atoms with Crippen LogP contribution < -0.4 is 11.1 Å². The fraction of sp³-hybridized carbons (Fsp3) is 0.700. The lowest BCUT2D eigenvalue weighted by molar-refractivity contribution is -0.137. The molecule has 0 bridgehead atoms. The Morgan fingerprint density at radius 2 is 1.94 bits per heavy atom. The van der Waals surface area contributed by atoms with Crippen molar-refractivity contribution in [3.63, 3.8) is 0 Å². The van der Waals surface area contributed by atoms with Gasteiger partial charge < -0.3 is 21.1 Å². The summed E-state index contributed by atoms with van der Waals surface area (Å²) in [6.45, 7) is 3.05. The van der Waals surface area contributed by atoms with Crippen LogP contribution >= 0.6 is 0 Å². The number of carboxylic acids is 1. The zero-order valence-corrected chi connectivity index (χ0v) is 9.90. The third kappa shape index (κ3) is 3.93. The van der Waals surface area contributed by atoms with Crippen molar-refractivity contribution >= 4 is 17.9 Å². The van der Waals surface area contributed by atoms with E-state index in [1.165, 1.54) is 0 Å². The number of rotatable bonds is 5. The maximum atomic E-state index is 11.7. The number of carbonyl (C=O) groups excluding carboxylic acids is 2. The van der Waals surface area contributed by atoms with Gasteiger partial charge in [-0.15, -0.1) is 0 Å². The first-order valence-electron chi connectivity index (χ1n) is 5.28. The highest BCUT2D eigenvalue weighted by molar-refractivity contribution is 5.86. The normalized spacial score (nSPS) is 20.5. The van der Waals surface area contributed by atoms with E-state index < -0.39 is 31.0 Å². The average Bonchev–Trinajstić information content (AvgIpc) is 2.70. The lowest BCUT2D eigenvalue weighted by Crippen LogP contribution is -2.47. The minimum absolute atomic E-state index is 0.0270. The summed E-state index contributed by atoms with van der Waals surface area (Å²) < 4.78 is 0. The van der Waals surface area contributed by atoms with Crippen molar-refractivity contribution in [2.24, 2.45) is 11.1 Å². The molecule has 0 radical (unpaired) electrons. The molecule has 7 nitrogen and oxygen atoms in total. The van der Waals surface area contributed by atoms with Gasteiger partial charge in [0.2, 0.25) is 5.91 Å². The SMILES string of the molecule is CC1(C)CC1NC(=O)N(CC(N)=O)CC(=O)O. The number of carboxylic acid groups (broad SMARTS) is 1. The molecular formula is C10H17N3O4. The second-order valence-electron chi connectivity index (χ2n) is 4.91. The summed E-state index contributed by atoms with van der Waals surface area (Å²) in [5.41, 5.74) is 4.99. The Labute approximate surface area is 98.9 Å². The van der Waals surface area contributed by atoms with Gasteiger partial charge >= 0.3 is 12.0 Å². The second-order valence-corrected chi connectivity index (χ2v) is 4.91. The Kier molecular flexibility index (Phi) is 3.59. The number of primary amides is 1. The van der Waals surface area contributed by atoms with E-state index in [1.54, 1.807) is 0 Å². The van der Waals surface area contributed by atoms with Gasteiger partial charge in [0.25, 0.3) is 0 Å². The third-order valence-corrected chi connectivity index (χ3v) is 2.77. The zero-order valence-electron chi connectivity index (χ0n) is 9.90. The molecule has 1 fully saturated rings. The molecule has 7 heteroatoms. The number of carbonyl (C=O) groups is 3. The smallest absolute Gasteiger partial charge is 0.323 e. The summed E-state index contributed by atoms with van der Waals surface area (Å²) in [6.07, 6.45) is 0.843. The van der Waals surface area contributed by atoms with E-state index in [2.05, 4.69) is 5.32 Å². The van der Waals surface area contributed by atoms with Crippen LogP contribution in [0.1, 0.15) is 20.3 Å². The standard InChI is InChI=1S/C10H17N3O4/c1-10(2)3-6(10)12-9(17)13(4-7(11)14)5-8(15)16/h6H,3-5H2,1-2H3,(H2,11,14)(H,12,17)(H,15,16). The number of nitrogens with one attached hydrogen (secondary N) is 1. The lowest BCUT2D eigenvalue weighted by Gasteiger charge is -2.20. The summed E-state index contributed by atoms with van der Waals surface area (Å²) in [4.78, 5) is 33.9. The van der Waals surface area contributed by atoms with Crippen molar-refractivity contribution in [1.82, 2.24) is 10.2 Å². The Bertz CT molecular complexity index is 337. The molecule has 1 unspecified atom stereocenters. The van der Waals surface area contributed by atoms with E-state index in [-0.39, 0.29) is 11.5 Å². The summed E-state index contributed by atoms with van der Waals surface area (Å²) in [5.74, 6) is -1.92. The molecule has 1 atom stereocenters.